The molecule has 1 nitrogen and oxygen atoms in total. The highest BCUT2D eigenvalue weighted by molar-refractivity contribution is 5.19. The van der Waals surface area contributed by atoms with Crippen LogP contribution in [0.2, 0.25) is 0 Å². The molecule has 96 valence electrons. The van der Waals surface area contributed by atoms with E-state index in [9.17, 15) is 5.11 Å². The van der Waals surface area contributed by atoms with Crippen molar-refractivity contribution >= 4 is 0 Å². The Labute approximate surface area is 106 Å². The average Bonchev–Trinajstić information content (AvgIpc) is 2.24. The lowest BCUT2D eigenvalue weighted by atomic mass is 9.68. The van der Waals surface area contributed by atoms with Crippen LogP contribution in [0.25, 0.3) is 0 Å². The first kappa shape index (κ1) is 14.2. The molecule has 1 aliphatic rings. The van der Waals surface area contributed by atoms with E-state index in [1.807, 2.05) is 12.2 Å². The summed E-state index contributed by atoms with van der Waals surface area (Å²) in [4.78, 5) is 0. The fourth-order valence-corrected chi connectivity index (χ4v) is 2.61. The van der Waals surface area contributed by atoms with Gasteiger partial charge in [0.25, 0.3) is 0 Å². The summed E-state index contributed by atoms with van der Waals surface area (Å²) in [6.45, 7) is 10.5. The van der Waals surface area contributed by atoms with Crippen LogP contribution in [0, 0.1) is 11.3 Å². The first-order chi connectivity index (χ1) is 7.97. The first-order valence-electron chi connectivity index (χ1n) is 6.61. The largest absolute Gasteiger partial charge is 0.389 e. The van der Waals surface area contributed by atoms with Gasteiger partial charge >= 0.3 is 0 Å². The Morgan fingerprint density at radius 2 is 2.29 bits per heavy atom. The van der Waals surface area contributed by atoms with Gasteiger partial charge in [-0.05, 0) is 38.0 Å². The van der Waals surface area contributed by atoms with Gasteiger partial charge in [0.15, 0.2) is 0 Å². The molecule has 0 aliphatic heterocycles. The monoisotopic (exact) mass is 234 g/mol. The van der Waals surface area contributed by atoms with Crippen molar-refractivity contribution in [3.63, 3.8) is 0 Å². The van der Waals surface area contributed by atoms with Gasteiger partial charge in [0.05, 0.1) is 6.10 Å². The molecule has 1 rings (SSSR count). The molecule has 1 N–H and O–H groups in total. The number of rotatable bonds is 5. The van der Waals surface area contributed by atoms with Crippen LogP contribution < -0.4 is 0 Å². The summed E-state index contributed by atoms with van der Waals surface area (Å²) in [5, 5.41) is 9.81. The predicted octanol–water partition coefficient (Wildman–Crippen LogP) is 4.25. The molecular formula is C16H26O. The van der Waals surface area contributed by atoms with Gasteiger partial charge in [-0.1, -0.05) is 43.7 Å². The van der Waals surface area contributed by atoms with E-state index in [2.05, 4.69) is 39.5 Å². The van der Waals surface area contributed by atoms with E-state index in [1.165, 1.54) is 18.4 Å². The summed E-state index contributed by atoms with van der Waals surface area (Å²) in [5.74, 6) is 0.467. The summed E-state index contributed by atoms with van der Waals surface area (Å²) in [5.41, 5.74) is 1.75. The van der Waals surface area contributed by atoms with Crippen LogP contribution in [0.4, 0.5) is 0 Å². The summed E-state index contributed by atoms with van der Waals surface area (Å²) < 4.78 is 0. The second-order valence-electron chi connectivity index (χ2n) is 5.77. The Kier molecular flexibility index (Phi) is 5.20. The van der Waals surface area contributed by atoms with E-state index >= 15 is 0 Å². The molecule has 2 unspecified atom stereocenters. The fraction of sp³-hybridized carbons (Fsp3) is 0.625. The van der Waals surface area contributed by atoms with Gasteiger partial charge in [0.2, 0.25) is 0 Å². The SMILES string of the molecule is C=CCCC(O)C=CC1C(C)=CCCC1(C)C. The molecule has 0 heterocycles. The second-order valence-corrected chi connectivity index (χ2v) is 5.77. The van der Waals surface area contributed by atoms with E-state index in [0.717, 1.165) is 12.8 Å². The molecule has 1 heteroatoms. The molecule has 0 bridgehead atoms. The van der Waals surface area contributed by atoms with Crippen LogP contribution >= 0.6 is 0 Å². The highest BCUT2D eigenvalue weighted by Gasteiger charge is 2.30. The maximum atomic E-state index is 9.81. The smallest absolute Gasteiger partial charge is 0.0724 e. The molecule has 0 fully saturated rings. The minimum absolute atomic E-state index is 0.313. The first-order valence-corrected chi connectivity index (χ1v) is 6.61. The van der Waals surface area contributed by atoms with Crippen LogP contribution in [0.5, 0.6) is 0 Å². The molecule has 0 aromatic heterocycles. The van der Waals surface area contributed by atoms with Gasteiger partial charge < -0.3 is 5.11 Å². The van der Waals surface area contributed by atoms with Gasteiger partial charge in [-0.15, -0.1) is 6.58 Å². The lowest BCUT2D eigenvalue weighted by Crippen LogP contribution is -2.26. The number of hydrogen-bond donors (Lipinski definition) is 1. The Bertz CT molecular complexity index is 309. The Hall–Kier alpha value is -0.820. The van der Waals surface area contributed by atoms with E-state index in [-0.39, 0.29) is 6.10 Å². The van der Waals surface area contributed by atoms with Crippen molar-refractivity contribution in [1.29, 1.82) is 0 Å². The quantitative estimate of drug-likeness (QED) is 0.705. The van der Waals surface area contributed by atoms with Crippen molar-refractivity contribution < 1.29 is 5.11 Å². The maximum Gasteiger partial charge on any atom is 0.0724 e. The third-order valence-electron chi connectivity index (χ3n) is 3.78. The van der Waals surface area contributed by atoms with Gasteiger partial charge in [0, 0.05) is 5.92 Å². The maximum absolute atomic E-state index is 9.81. The zero-order chi connectivity index (χ0) is 12.9. The van der Waals surface area contributed by atoms with E-state index in [0.29, 0.717) is 11.3 Å². The molecule has 0 saturated heterocycles. The molecular weight excluding hydrogens is 208 g/mol. The zero-order valence-corrected chi connectivity index (χ0v) is 11.4. The number of allylic oxidation sites excluding steroid dienone is 4. The minimum atomic E-state index is -0.335. The highest BCUT2D eigenvalue weighted by Crippen LogP contribution is 2.41. The van der Waals surface area contributed by atoms with Crippen molar-refractivity contribution in [2.24, 2.45) is 11.3 Å². The zero-order valence-electron chi connectivity index (χ0n) is 11.4. The molecule has 1 aliphatic carbocycles. The summed E-state index contributed by atoms with van der Waals surface area (Å²) in [6.07, 6.45) is 12.0. The third kappa shape index (κ3) is 4.16. The standard InChI is InChI=1S/C16H26O/c1-5-6-9-14(17)10-11-15-13(2)8-7-12-16(15,3)4/h5,8,10-11,14-15,17H,1,6-7,9,12H2,2-4H3. The second kappa shape index (κ2) is 6.20. The van der Waals surface area contributed by atoms with Crippen LogP contribution in [0.15, 0.2) is 36.5 Å². The molecule has 0 aromatic rings. The highest BCUT2D eigenvalue weighted by atomic mass is 16.3. The van der Waals surface area contributed by atoms with E-state index < -0.39 is 0 Å². The van der Waals surface area contributed by atoms with Crippen molar-refractivity contribution in [3.05, 3.63) is 36.5 Å². The van der Waals surface area contributed by atoms with Crippen LogP contribution in [0.1, 0.15) is 46.5 Å². The summed E-state index contributed by atoms with van der Waals surface area (Å²) in [6, 6.07) is 0. The van der Waals surface area contributed by atoms with Gasteiger partial charge in [-0.25, -0.2) is 0 Å². The molecule has 0 saturated carbocycles. The van der Waals surface area contributed by atoms with Crippen LogP contribution in [0.3, 0.4) is 0 Å². The summed E-state index contributed by atoms with van der Waals surface area (Å²) in [7, 11) is 0. The predicted molar refractivity (Wildman–Crippen MR) is 74.8 cm³/mol. The van der Waals surface area contributed by atoms with E-state index in [4.69, 9.17) is 0 Å². The van der Waals surface area contributed by atoms with Crippen LogP contribution in [-0.2, 0) is 0 Å². The number of aliphatic hydroxyl groups excluding tert-OH is 1. The molecule has 0 amide bonds. The van der Waals surface area contributed by atoms with E-state index in [1.54, 1.807) is 0 Å². The Balaban J connectivity index is 2.64. The average molecular weight is 234 g/mol. The normalized spacial score (nSPS) is 25.6. The fourth-order valence-electron chi connectivity index (χ4n) is 2.61. The topological polar surface area (TPSA) is 20.2 Å². The lowest BCUT2D eigenvalue weighted by Gasteiger charge is -2.36. The third-order valence-corrected chi connectivity index (χ3v) is 3.78. The molecule has 2 atom stereocenters. The van der Waals surface area contributed by atoms with Crippen molar-refractivity contribution in [1.82, 2.24) is 0 Å². The lowest BCUT2D eigenvalue weighted by molar-refractivity contribution is 0.209. The van der Waals surface area contributed by atoms with Crippen molar-refractivity contribution in [2.75, 3.05) is 0 Å². The Morgan fingerprint density at radius 1 is 1.59 bits per heavy atom. The Morgan fingerprint density at radius 3 is 2.88 bits per heavy atom. The molecule has 0 spiro atoms. The summed E-state index contributed by atoms with van der Waals surface area (Å²) >= 11 is 0. The molecule has 17 heavy (non-hydrogen) atoms. The minimum Gasteiger partial charge on any atom is -0.389 e. The molecule has 0 radical (unpaired) electrons. The van der Waals surface area contributed by atoms with Crippen LogP contribution in [-0.4, -0.2) is 11.2 Å². The number of hydrogen-bond acceptors (Lipinski definition) is 1. The van der Waals surface area contributed by atoms with Crippen molar-refractivity contribution in [2.45, 2.75) is 52.6 Å². The molecule has 0 aromatic carbocycles. The number of aliphatic hydroxyl groups is 1. The van der Waals surface area contributed by atoms with Gasteiger partial charge in [0.1, 0.15) is 0 Å². The van der Waals surface area contributed by atoms with Crippen molar-refractivity contribution in [3.8, 4) is 0 Å². The van der Waals surface area contributed by atoms with Gasteiger partial charge in [-0.3, -0.25) is 0 Å². The van der Waals surface area contributed by atoms with Gasteiger partial charge in [-0.2, -0.15) is 0 Å².